The molecule has 1 heterocycles. The highest BCUT2D eigenvalue weighted by Gasteiger charge is 2.63. The largest absolute Gasteiger partial charge is 0.462 e. The van der Waals surface area contributed by atoms with Gasteiger partial charge in [-0.2, -0.15) is 0 Å². The molecule has 3 rings (SSSR count). The molecule has 0 aromatic heterocycles. The lowest BCUT2D eigenvalue weighted by atomic mass is 9.88. The van der Waals surface area contributed by atoms with Crippen LogP contribution in [0.15, 0.2) is 6.58 Å². The molecule has 0 aromatic carbocycles. The van der Waals surface area contributed by atoms with Gasteiger partial charge in [-0.25, -0.2) is 9.59 Å². The Balaban J connectivity index is 1.53. The van der Waals surface area contributed by atoms with E-state index in [-0.39, 0.29) is 29.8 Å². The standard InChI is InChI=1S/C14H14N2O6/c1-2-16-12(15)14(19)20-5-9(17)21-10-6-3-7-8(4-6)13(18)22-11(7)10/h6-8,10-11,15H,1,3-5H2/p+1/t6?,7?,8?,10?,11-/m1/s1. The van der Waals surface area contributed by atoms with Crippen molar-refractivity contribution >= 4 is 29.6 Å². The van der Waals surface area contributed by atoms with Crippen LogP contribution in [-0.4, -0.2) is 48.4 Å². The van der Waals surface area contributed by atoms with Crippen LogP contribution in [-0.2, 0) is 28.6 Å². The summed E-state index contributed by atoms with van der Waals surface area (Å²) in [4.78, 5) is 34.7. The molecular weight excluding hydrogens is 292 g/mol. The third-order valence-corrected chi connectivity index (χ3v) is 4.41. The van der Waals surface area contributed by atoms with Crippen LogP contribution >= 0.6 is 0 Å². The minimum Gasteiger partial charge on any atom is -0.458 e. The summed E-state index contributed by atoms with van der Waals surface area (Å²) >= 11 is 0. The molecule has 2 N–H and O–H groups in total. The normalized spacial score (nSPS) is 33.6. The summed E-state index contributed by atoms with van der Waals surface area (Å²) < 4.78 is 18.6. The van der Waals surface area contributed by atoms with Crippen molar-refractivity contribution in [2.75, 3.05) is 6.61 Å². The van der Waals surface area contributed by atoms with E-state index in [1.54, 1.807) is 0 Å². The maximum atomic E-state index is 11.8. The molecule has 2 bridgehead atoms. The second kappa shape index (κ2) is 5.33. The molecule has 0 aromatic rings. The van der Waals surface area contributed by atoms with Crippen LogP contribution < -0.4 is 10.4 Å². The lowest BCUT2D eigenvalue weighted by molar-refractivity contribution is -0.168. The number of carbonyl (C=O) groups is 3. The Bertz CT molecular complexity index is 631. The van der Waals surface area contributed by atoms with Gasteiger partial charge >= 0.3 is 23.7 Å². The highest BCUT2D eigenvalue weighted by molar-refractivity contribution is 6.34. The van der Waals surface area contributed by atoms with Crippen molar-refractivity contribution < 1.29 is 28.6 Å². The molecule has 1 saturated heterocycles. The SMILES string of the molecule is C=C=[N+]=C(N)C(=O)OCC(=O)OC1C2CC3C(=O)O[C@@H]1C3C2. The average molecular weight is 307 g/mol. The van der Waals surface area contributed by atoms with Crippen molar-refractivity contribution in [1.82, 2.24) is 4.67 Å². The van der Waals surface area contributed by atoms with Gasteiger partial charge in [-0.15, -0.1) is 4.67 Å². The topological polar surface area (TPSA) is 119 Å². The number of esters is 3. The first kappa shape index (κ1) is 14.4. The van der Waals surface area contributed by atoms with Crippen molar-refractivity contribution in [2.45, 2.75) is 25.0 Å². The summed E-state index contributed by atoms with van der Waals surface area (Å²) in [6, 6.07) is 0. The summed E-state index contributed by atoms with van der Waals surface area (Å²) in [6.07, 6.45) is 0.699. The van der Waals surface area contributed by atoms with Gasteiger partial charge in [0.25, 0.3) is 0 Å². The van der Waals surface area contributed by atoms with Crippen LogP contribution in [0, 0.1) is 17.8 Å². The Morgan fingerprint density at radius 2 is 2.23 bits per heavy atom. The first-order valence-electron chi connectivity index (χ1n) is 6.93. The van der Waals surface area contributed by atoms with E-state index in [0.29, 0.717) is 6.42 Å². The van der Waals surface area contributed by atoms with Gasteiger partial charge in [0.15, 0.2) is 12.5 Å². The number of nitrogens with zero attached hydrogens (tertiary/aromatic N) is 1. The molecule has 0 spiro atoms. The zero-order valence-corrected chi connectivity index (χ0v) is 11.7. The number of hydrogen-bond donors (Lipinski definition) is 1. The van der Waals surface area contributed by atoms with E-state index in [2.05, 4.69) is 21.9 Å². The molecule has 0 radical (unpaired) electrons. The fourth-order valence-corrected chi connectivity index (χ4v) is 3.58. The van der Waals surface area contributed by atoms with Gasteiger partial charge in [-0.3, -0.25) is 10.5 Å². The number of rotatable bonds is 3. The van der Waals surface area contributed by atoms with E-state index >= 15 is 0 Å². The predicted molar refractivity (Wildman–Crippen MR) is 72.4 cm³/mol. The lowest BCUT2D eigenvalue weighted by Gasteiger charge is -2.24. The number of nitrogens with two attached hydrogens (primary N) is 1. The van der Waals surface area contributed by atoms with Gasteiger partial charge in [0.1, 0.15) is 12.2 Å². The second-order valence-corrected chi connectivity index (χ2v) is 5.59. The first-order valence-corrected chi connectivity index (χ1v) is 6.93. The fourth-order valence-electron chi connectivity index (χ4n) is 3.58. The van der Waals surface area contributed by atoms with Crippen LogP contribution in [0.3, 0.4) is 0 Å². The minimum absolute atomic E-state index is 0.0473. The van der Waals surface area contributed by atoms with Gasteiger partial charge in [-0.05, 0) is 12.8 Å². The van der Waals surface area contributed by atoms with Crippen molar-refractivity contribution in [2.24, 2.45) is 23.5 Å². The molecule has 1 aliphatic heterocycles. The van der Waals surface area contributed by atoms with Crippen LogP contribution in [0.25, 0.3) is 0 Å². The molecule has 4 unspecified atom stereocenters. The second-order valence-electron chi connectivity index (χ2n) is 5.59. The quantitative estimate of drug-likeness (QED) is 0.217. The molecule has 116 valence electrons. The molecule has 22 heavy (non-hydrogen) atoms. The minimum atomic E-state index is -0.951. The van der Waals surface area contributed by atoms with Crippen LogP contribution in [0.1, 0.15) is 12.8 Å². The lowest BCUT2D eigenvalue weighted by Crippen LogP contribution is -2.37. The summed E-state index contributed by atoms with van der Waals surface area (Å²) in [6.45, 7) is 2.58. The molecule has 8 heteroatoms. The van der Waals surface area contributed by atoms with Gasteiger partial charge in [0.05, 0.1) is 5.92 Å². The highest BCUT2D eigenvalue weighted by Crippen LogP contribution is 2.55. The molecule has 3 fully saturated rings. The van der Waals surface area contributed by atoms with Crippen LogP contribution in [0.5, 0.6) is 0 Å². The molecular formula is C14H15N2O6+. The van der Waals surface area contributed by atoms with Gasteiger partial charge in [0, 0.05) is 18.4 Å². The Kier molecular flexibility index (Phi) is 3.48. The number of hydrogen-bond acceptors (Lipinski definition) is 6. The summed E-state index contributed by atoms with van der Waals surface area (Å²) in [5.41, 5.74) is 5.25. The van der Waals surface area contributed by atoms with E-state index in [1.807, 2.05) is 0 Å². The zero-order chi connectivity index (χ0) is 15.9. The van der Waals surface area contributed by atoms with E-state index in [9.17, 15) is 14.4 Å². The number of fused-ring (bicyclic) bond motifs is 1. The van der Waals surface area contributed by atoms with Gasteiger partial charge in [0.2, 0.25) is 0 Å². The maximum Gasteiger partial charge on any atom is 0.462 e. The zero-order valence-electron chi connectivity index (χ0n) is 11.7. The molecule has 2 aliphatic carbocycles. The van der Waals surface area contributed by atoms with Crippen molar-refractivity contribution in [1.29, 1.82) is 0 Å². The molecule has 5 atom stereocenters. The average Bonchev–Trinajstić information content (AvgIpc) is 3.09. The van der Waals surface area contributed by atoms with E-state index in [4.69, 9.17) is 15.2 Å². The molecule has 3 aliphatic rings. The number of ether oxygens (including phenoxy) is 3. The first-order chi connectivity index (χ1) is 10.5. The maximum absolute atomic E-state index is 11.8. The smallest absolute Gasteiger partial charge is 0.458 e. The monoisotopic (exact) mass is 307 g/mol. The van der Waals surface area contributed by atoms with Crippen LogP contribution in [0.4, 0.5) is 0 Å². The Hall–Kier alpha value is -2.56. The summed E-state index contributed by atoms with van der Waals surface area (Å²) in [7, 11) is 0. The molecule has 8 nitrogen and oxygen atoms in total. The summed E-state index contributed by atoms with van der Waals surface area (Å²) in [5, 5.41) is 0. The van der Waals surface area contributed by atoms with Crippen molar-refractivity contribution in [3.8, 4) is 0 Å². The third-order valence-electron chi connectivity index (χ3n) is 4.41. The van der Waals surface area contributed by atoms with Crippen molar-refractivity contribution in [3.05, 3.63) is 6.58 Å². The fraction of sp³-hybridized carbons (Fsp3) is 0.571. The Morgan fingerprint density at radius 1 is 1.45 bits per heavy atom. The van der Waals surface area contributed by atoms with E-state index in [0.717, 1.165) is 6.42 Å². The van der Waals surface area contributed by atoms with E-state index in [1.165, 1.54) is 0 Å². The predicted octanol–water partition coefficient (Wildman–Crippen LogP) is -1.70. The Labute approximate surface area is 125 Å². The van der Waals surface area contributed by atoms with Crippen LogP contribution in [0.2, 0.25) is 0 Å². The van der Waals surface area contributed by atoms with E-state index < -0.39 is 30.5 Å². The highest BCUT2D eigenvalue weighted by atomic mass is 16.6. The number of amidine groups is 1. The summed E-state index contributed by atoms with van der Waals surface area (Å²) in [5.74, 6) is 0.00157. The molecule has 0 amide bonds. The van der Waals surface area contributed by atoms with Gasteiger partial charge in [-0.1, -0.05) is 0 Å². The number of carbonyl (C=O) groups excluding carboxylic acids is 3. The van der Waals surface area contributed by atoms with Crippen molar-refractivity contribution in [3.63, 3.8) is 0 Å². The third kappa shape index (κ3) is 2.28. The van der Waals surface area contributed by atoms with Gasteiger partial charge < -0.3 is 14.2 Å². The Morgan fingerprint density at radius 3 is 2.95 bits per heavy atom. The molecule has 2 saturated carbocycles.